The van der Waals surface area contributed by atoms with E-state index in [1.165, 1.54) is 6.07 Å². The Morgan fingerprint density at radius 1 is 1.00 bits per heavy atom. The lowest BCUT2D eigenvalue weighted by Gasteiger charge is -2.40. The fourth-order valence-electron chi connectivity index (χ4n) is 6.31. The van der Waals surface area contributed by atoms with Crippen LogP contribution in [0.25, 0.3) is 0 Å². The number of hydrogen-bond acceptors (Lipinski definition) is 4. The lowest BCUT2D eigenvalue weighted by molar-refractivity contribution is -0.140. The van der Waals surface area contributed by atoms with Crippen molar-refractivity contribution in [2.75, 3.05) is 26.3 Å². The zero-order valence-electron chi connectivity index (χ0n) is 23.5. The first kappa shape index (κ1) is 29.0. The predicted octanol–water partition coefficient (Wildman–Crippen LogP) is 3.97. The highest BCUT2D eigenvalue weighted by atomic mass is 19.1. The largest absolute Gasteiger partial charge is 0.381 e. The SMILES string of the molecule is O=C1N[C@@H]2CCN(C(=O)CCc3ccccc3F)C[C@@H]2C/C=C/CC2(CCOCC2)C(=O)N[C@H]1Cc1ccccc1. The number of likely N-dealkylation sites (tertiary alicyclic amines) is 1. The van der Waals surface area contributed by atoms with Crippen molar-refractivity contribution in [3.8, 4) is 0 Å². The summed E-state index contributed by atoms with van der Waals surface area (Å²) in [6.07, 6.45) is 8.33. The van der Waals surface area contributed by atoms with E-state index in [-0.39, 0.29) is 41.9 Å². The van der Waals surface area contributed by atoms with E-state index in [9.17, 15) is 18.8 Å². The highest BCUT2D eigenvalue weighted by molar-refractivity contribution is 5.90. The number of amides is 3. The summed E-state index contributed by atoms with van der Waals surface area (Å²) >= 11 is 0. The third-order valence-corrected chi connectivity index (χ3v) is 8.93. The topological polar surface area (TPSA) is 87.7 Å². The van der Waals surface area contributed by atoms with Gasteiger partial charge in [-0.3, -0.25) is 14.4 Å². The normalized spacial score (nSPS) is 25.7. The van der Waals surface area contributed by atoms with Gasteiger partial charge >= 0.3 is 0 Å². The van der Waals surface area contributed by atoms with Gasteiger partial charge in [0.1, 0.15) is 11.9 Å². The highest BCUT2D eigenvalue weighted by Gasteiger charge is 2.41. The fourth-order valence-corrected chi connectivity index (χ4v) is 6.31. The molecule has 1 spiro atoms. The number of hydrogen-bond donors (Lipinski definition) is 2. The maximum Gasteiger partial charge on any atom is 0.243 e. The first-order valence-corrected chi connectivity index (χ1v) is 14.8. The number of carbonyl (C=O) groups excluding carboxylic acids is 3. The molecule has 3 aliphatic heterocycles. The van der Waals surface area contributed by atoms with Crippen molar-refractivity contribution >= 4 is 17.7 Å². The Bertz CT molecular complexity index is 1240. The molecule has 7 nitrogen and oxygen atoms in total. The Morgan fingerprint density at radius 2 is 1.76 bits per heavy atom. The number of rotatable bonds is 5. The molecule has 218 valence electrons. The number of halogens is 1. The van der Waals surface area contributed by atoms with Crippen LogP contribution < -0.4 is 10.6 Å². The average molecular weight is 562 g/mol. The number of nitrogens with zero attached hydrogens (tertiary/aromatic N) is 1. The lowest BCUT2D eigenvalue weighted by atomic mass is 9.75. The van der Waals surface area contributed by atoms with Gasteiger partial charge in [-0.15, -0.1) is 0 Å². The van der Waals surface area contributed by atoms with Crippen LogP contribution in [0.1, 0.15) is 49.7 Å². The molecule has 3 aliphatic rings. The minimum atomic E-state index is -0.700. The number of fused-ring (bicyclic) bond motifs is 1. The molecule has 8 heteroatoms. The Labute approximate surface area is 241 Å². The molecule has 2 fully saturated rings. The molecule has 0 bridgehead atoms. The van der Waals surface area contributed by atoms with Gasteiger partial charge in [0, 0.05) is 51.1 Å². The number of ether oxygens (including phenoxy) is 1. The standard InChI is InChI=1S/C33H40FN3O4/c34-27-12-5-4-10-25(27)13-14-30(38)37-19-15-28-26(23-37)11-6-7-16-33(17-20-41-21-18-33)32(40)36-29(31(39)35-28)22-24-8-2-1-3-9-24/h1-10,12,26,28-29H,11,13-23H2,(H,35,39)(H,36,40)/b7-6+/t26-,28+,29-/m0/s1. The Hall–Kier alpha value is -3.52. The molecule has 2 saturated heterocycles. The van der Waals surface area contributed by atoms with Gasteiger partial charge in [0.25, 0.3) is 0 Å². The highest BCUT2D eigenvalue weighted by Crippen LogP contribution is 2.36. The molecule has 3 heterocycles. The molecule has 3 atom stereocenters. The molecule has 0 aliphatic carbocycles. The van der Waals surface area contributed by atoms with E-state index in [0.717, 1.165) is 5.56 Å². The first-order valence-electron chi connectivity index (χ1n) is 14.8. The molecular weight excluding hydrogens is 521 g/mol. The van der Waals surface area contributed by atoms with E-state index in [1.807, 2.05) is 35.2 Å². The van der Waals surface area contributed by atoms with Gasteiger partial charge in [0.05, 0.1) is 5.41 Å². The quantitative estimate of drug-likeness (QED) is 0.541. The first-order chi connectivity index (χ1) is 19.9. The van der Waals surface area contributed by atoms with Gasteiger partial charge in [-0.25, -0.2) is 4.39 Å². The molecule has 0 aromatic heterocycles. The van der Waals surface area contributed by atoms with Gasteiger partial charge in [0.15, 0.2) is 0 Å². The van der Waals surface area contributed by atoms with Crippen molar-refractivity contribution in [2.24, 2.45) is 11.3 Å². The molecule has 0 saturated carbocycles. The summed E-state index contributed by atoms with van der Waals surface area (Å²) in [5, 5.41) is 6.36. The molecule has 0 radical (unpaired) electrons. The van der Waals surface area contributed by atoms with Crippen LogP contribution in [0.2, 0.25) is 0 Å². The summed E-state index contributed by atoms with van der Waals surface area (Å²) in [4.78, 5) is 42.4. The van der Waals surface area contributed by atoms with Crippen LogP contribution in [-0.2, 0) is 32.0 Å². The minimum Gasteiger partial charge on any atom is -0.381 e. The van der Waals surface area contributed by atoms with Crippen LogP contribution in [0, 0.1) is 17.2 Å². The summed E-state index contributed by atoms with van der Waals surface area (Å²) in [7, 11) is 0. The molecule has 2 aromatic rings. The predicted molar refractivity (Wildman–Crippen MR) is 154 cm³/mol. The number of piperidine rings is 1. The monoisotopic (exact) mass is 561 g/mol. The summed E-state index contributed by atoms with van der Waals surface area (Å²) in [5.41, 5.74) is 0.919. The molecule has 0 unspecified atom stereocenters. The van der Waals surface area contributed by atoms with Gasteiger partial charge in [-0.05, 0) is 55.7 Å². The van der Waals surface area contributed by atoms with E-state index < -0.39 is 11.5 Å². The average Bonchev–Trinajstić information content (AvgIpc) is 2.99. The third kappa shape index (κ3) is 7.22. The van der Waals surface area contributed by atoms with Crippen molar-refractivity contribution in [1.29, 1.82) is 0 Å². The molecule has 5 rings (SSSR count). The van der Waals surface area contributed by atoms with Crippen molar-refractivity contribution in [1.82, 2.24) is 15.5 Å². The third-order valence-electron chi connectivity index (χ3n) is 8.93. The lowest BCUT2D eigenvalue weighted by Crippen LogP contribution is -2.58. The van der Waals surface area contributed by atoms with Gasteiger partial charge < -0.3 is 20.3 Å². The number of nitrogens with one attached hydrogen (secondary N) is 2. The number of allylic oxidation sites excluding steroid dienone is 2. The van der Waals surface area contributed by atoms with E-state index in [1.54, 1.807) is 18.2 Å². The number of carbonyl (C=O) groups is 3. The van der Waals surface area contributed by atoms with Crippen molar-refractivity contribution in [3.63, 3.8) is 0 Å². The van der Waals surface area contributed by atoms with Crippen molar-refractivity contribution in [2.45, 2.75) is 63.5 Å². The smallest absolute Gasteiger partial charge is 0.243 e. The van der Waals surface area contributed by atoms with Crippen LogP contribution in [0.5, 0.6) is 0 Å². The number of benzene rings is 2. The Kier molecular flexibility index (Phi) is 9.49. The van der Waals surface area contributed by atoms with Crippen molar-refractivity contribution in [3.05, 3.63) is 83.7 Å². The zero-order valence-corrected chi connectivity index (χ0v) is 23.5. The maximum absolute atomic E-state index is 14.1. The summed E-state index contributed by atoms with van der Waals surface area (Å²) in [5.74, 6) is -0.522. The second kappa shape index (κ2) is 13.4. The van der Waals surface area contributed by atoms with E-state index in [4.69, 9.17) is 4.74 Å². The minimum absolute atomic E-state index is 0.00324. The van der Waals surface area contributed by atoms with Gasteiger partial charge in [-0.1, -0.05) is 60.7 Å². The van der Waals surface area contributed by atoms with E-state index >= 15 is 0 Å². The van der Waals surface area contributed by atoms with Crippen LogP contribution in [0.15, 0.2) is 66.7 Å². The second-order valence-electron chi connectivity index (χ2n) is 11.6. The number of aryl methyl sites for hydroxylation is 1. The van der Waals surface area contributed by atoms with Gasteiger partial charge in [0.2, 0.25) is 17.7 Å². The van der Waals surface area contributed by atoms with Crippen LogP contribution >= 0.6 is 0 Å². The Morgan fingerprint density at radius 3 is 2.54 bits per heavy atom. The van der Waals surface area contributed by atoms with Crippen LogP contribution in [0.4, 0.5) is 4.39 Å². The summed E-state index contributed by atoms with van der Waals surface area (Å²) in [6, 6.07) is 15.5. The summed E-state index contributed by atoms with van der Waals surface area (Å²) in [6.45, 7) is 2.09. The maximum atomic E-state index is 14.1. The fraction of sp³-hybridized carbons (Fsp3) is 0.485. The molecule has 2 N–H and O–H groups in total. The Balaban J connectivity index is 1.32. The van der Waals surface area contributed by atoms with Crippen molar-refractivity contribution < 1.29 is 23.5 Å². The molecule has 41 heavy (non-hydrogen) atoms. The second-order valence-corrected chi connectivity index (χ2v) is 11.6. The molecular formula is C33H40FN3O4. The van der Waals surface area contributed by atoms with E-state index in [2.05, 4.69) is 22.8 Å². The molecule has 3 amide bonds. The van der Waals surface area contributed by atoms with E-state index in [0.29, 0.717) is 76.8 Å². The zero-order chi connectivity index (χ0) is 28.7. The van der Waals surface area contributed by atoms with Crippen LogP contribution in [-0.4, -0.2) is 61.0 Å². The van der Waals surface area contributed by atoms with Crippen LogP contribution in [0.3, 0.4) is 0 Å². The molecule has 2 aromatic carbocycles. The van der Waals surface area contributed by atoms with Gasteiger partial charge in [-0.2, -0.15) is 0 Å². The summed E-state index contributed by atoms with van der Waals surface area (Å²) < 4.78 is 19.7.